The van der Waals surface area contributed by atoms with Crippen molar-refractivity contribution < 1.29 is 4.74 Å². The van der Waals surface area contributed by atoms with Crippen LogP contribution in [-0.4, -0.2) is 0 Å². The lowest BCUT2D eigenvalue weighted by molar-refractivity contribution is 0.453. The summed E-state index contributed by atoms with van der Waals surface area (Å²) < 4.78 is 6.36. The van der Waals surface area contributed by atoms with Gasteiger partial charge >= 0.3 is 0 Å². The minimum atomic E-state index is 0.0499. The minimum absolute atomic E-state index is 0.0499. The molecule has 1 heterocycles. The molecule has 0 radical (unpaired) electrons. The molecule has 0 amide bonds. The Morgan fingerprint density at radius 2 is 1.15 bits per heavy atom. The lowest BCUT2D eigenvalue weighted by atomic mass is 9.82. The molecule has 0 saturated heterocycles. The van der Waals surface area contributed by atoms with Gasteiger partial charge in [0.05, 0.1) is 0 Å². The fourth-order valence-electron chi connectivity index (χ4n) is 4.76. The normalized spacial score (nSPS) is 13.9. The van der Waals surface area contributed by atoms with Gasteiger partial charge in [-0.3, -0.25) is 0 Å². The third-order valence-electron chi connectivity index (χ3n) is 6.29. The van der Waals surface area contributed by atoms with Gasteiger partial charge in [-0.1, -0.05) is 72.8 Å². The Labute approximate surface area is 199 Å². The molecule has 0 aliphatic carbocycles. The molecule has 0 spiro atoms. The number of hydrogen-bond donors (Lipinski definition) is 1. The first-order chi connectivity index (χ1) is 16.8. The standard InChI is InChI=1S/C31H24N2O/c32-23-16-18-27-30(20-23)34-29-19-17-26(21-28(29)31(27)22-10-4-1-5-11-22)33(24-12-6-2-7-13-24)25-14-8-3-9-15-25/h1-21,31H,32H2. The molecule has 3 nitrogen and oxygen atoms in total. The first-order valence-corrected chi connectivity index (χ1v) is 11.4. The largest absolute Gasteiger partial charge is 0.457 e. The molecule has 1 atom stereocenters. The van der Waals surface area contributed by atoms with Gasteiger partial charge in [0.1, 0.15) is 11.5 Å². The summed E-state index contributed by atoms with van der Waals surface area (Å²) >= 11 is 0. The number of ether oxygens (including phenoxy) is 1. The van der Waals surface area contributed by atoms with Crippen molar-refractivity contribution in [3.63, 3.8) is 0 Å². The molecular weight excluding hydrogens is 416 g/mol. The van der Waals surface area contributed by atoms with E-state index in [2.05, 4.69) is 108 Å². The van der Waals surface area contributed by atoms with Gasteiger partial charge in [-0.15, -0.1) is 0 Å². The van der Waals surface area contributed by atoms with Crippen molar-refractivity contribution in [2.24, 2.45) is 0 Å². The zero-order valence-electron chi connectivity index (χ0n) is 18.6. The van der Waals surface area contributed by atoms with E-state index in [1.165, 1.54) is 5.56 Å². The molecule has 2 N–H and O–H groups in total. The maximum absolute atomic E-state index is 6.36. The second kappa shape index (κ2) is 8.45. The van der Waals surface area contributed by atoms with Crippen LogP contribution in [0, 0.1) is 0 Å². The van der Waals surface area contributed by atoms with E-state index in [1.54, 1.807) is 0 Å². The highest BCUT2D eigenvalue weighted by Crippen LogP contribution is 2.49. The molecule has 0 saturated carbocycles. The summed E-state index contributed by atoms with van der Waals surface area (Å²) in [5, 5.41) is 0. The first-order valence-electron chi connectivity index (χ1n) is 11.4. The quantitative estimate of drug-likeness (QED) is 0.282. The molecule has 5 aromatic rings. The lowest BCUT2D eigenvalue weighted by Gasteiger charge is -2.31. The number of nitrogens with zero attached hydrogens (tertiary/aromatic N) is 1. The van der Waals surface area contributed by atoms with Crippen LogP contribution in [0.4, 0.5) is 22.7 Å². The van der Waals surface area contributed by atoms with Crippen LogP contribution in [-0.2, 0) is 0 Å². The second-order valence-corrected chi connectivity index (χ2v) is 8.47. The molecule has 5 aromatic carbocycles. The zero-order valence-corrected chi connectivity index (χ0v) is 18.6. The predicted molar refractivity (Wildman–Crippen MR) is 139 cm³/mol. The van der Waals surface area contributed by atoms with Gasteiger partial charge in [0, 0.05) is 45.9 Å². The van der Waals surface area contributed by atoms with Crippen LogP contribution in [0.15, 0.2) is 127 Å². The number of nitrogen functional groups attached to an aromatic ring is 1. The molecular formula is C31H24N2O. The number of nitrogens with two attached hydrogens (primary N) is 1. The van der Waals surface area contributed by atoms with Crippen molar-refractivity contribution in [1.29, 1.82) is 0 Å². The molecule has 1 unspecified atom stereocenters. The third-order valence-corrected chi connectivity index (χ3v) is 6.29. The van der Waals surface area contributed by atoms with E-state index in [4.69, 9.17) is 10.5 Å². The lowest BCUT2D eigenvalue weighted by Crippen LogP contribution is -2.14. The number of hydrogen-bond acceptors (Lipinski definition) is 3. The van der Waals surface area contributed by atoms with Crippen molar-refractivity contribution in [3.05, 3.63) is 144 Å². The van der Waals surface area contributed by atoms with Crippen molar-refractivity contribution in [3.8, 4) is 11.5 Å². The SMILES string of the molecule is Nc1ccc2c(c1)Oc1ccc(N(c3ccccc3)c3ccccc3)cc1C2c1ccccc1. The van der Waals surface area contributed by atoms with Gasteiger partial charge in [-0.2, -0.15) is 0 Å². The minimum Gasteiger partial charge on any atom is -0.457 e. The van der Waals surface area contributed by atoms with Gasteiger partial charge in [-0.05, 0) is 54.1 Å². The van der Waals surface area contributed by atoms with E-state index in [1.807, 2.05) is 24.3 Å². The van der Waals surface area contributed by atoms with Crippen LogP contribution in [0.2, 0.25) is 0 Å². The smallest absolute Gasteiger partial charge is 0.133 e. The average Bonchev–Trinajstić information content (AvgIpc) is 2.89. The molecule has 164 valence electrons. The van der Waals surface area contributed by atoms with Gasteiger partial charge in [0.2, 0.25) is 0 Å². The summed E-state index contributed by atoms with van der Waals surface area (Å²) in [6, 6.07) is 43.9. The predicted octanol–water partition coefficient (Wildman–Crippen LogP) is 8.02. The molecule has 34 heavy (non-hydrogen) atoms. The highest BCUT2D eigenvalue weighted by molar-refractivity contribution is 5.78. The Bertz CT molecular complexity index is 1390. The van der Waals surface area contributed by atoms with Crippen LogP contribution in [0.25, 0.3) is 0 Å². The molecule has 0 fully saturated rings. The second-order valence-electron chi connectivity index (χ2n) is 8.47. The first kappa shape index (κ1) is 20.1. The van der Waals surface area contributed by atoms with Crippen LogP contribution < -0.4 is 15.4 Å². The van der Waals surface area contributed by atoms with E-state index < -0.39 is 0 Å². The van der Waals surface area contributed by atoms with Crippen LogP contribution >= 0.6 is 0 Å². The number of anilines is 4. The topological polar surface area (TPSA) is 38.5 Å². The maximum atomic E-state index is 6.36. The third kappa shape index (κ3) is 3.57. The number of para-hydroxylation sites is 2. The van der Waals surface area contributed by atoms with Crippen molar-refractivity contribution in [2.45, 2.75) is 5.92 Å². The van der Waals surface area contributed by atoms with E-state index in [-0.39, 0.29) is 5.92 Å². The highest BCUT2D eigenvalue weighted by atomic mass is 16.5. The molecule has 1 aliphatic rings. The van der Waals surface area contributed by atoms with E-state index >= 15 is 0 Å². The van der Waals surface area contributed by atoms with E-state index in [0.29, 0.717) is 5.69 Å². The molecule has 1 aliphatic heterocycles. The summed E-state index contributed by atoms with van der Waals surface area (Å²) in [4.78, 5) is 2.28. The maximum Gasteiger partial charge on any atom is 0.133 e. The molecule has 3 heteroatoms. The van der Waals surface area contributed by atoms with E-state index in [9.17, 15) is 0 Å². The Hall–Kier alpha value is -4.50. The summed E-state index contributed by atoms with van der Waals surface area (Å²) in [7, 11) is 0. The van der Waals surface area contributed by atoms with Crippen molar-refractivity contribution in [1.82, 2.24) is 0 Å². The van der Waals surface area contributed by atoms with E-state index in [0.717, 1.165) is 39.7 Å². The fourth-order valence-corrected chi connectivity index (χ4v) is 4.76. The van der Waals surface area contributed by atoms with Crippen molar-refractivity contribution in [2.75, 3.05) is 10.6 Å². The number of fused-ring (bicyclic) bond motifs is 2. The Kier molecular flexibility index (Phi) is 5.00. The molecule has 0 aromatic heterocycles. The molecule has 0 bridgehead atoms. The van der Waals surface area contributed by atoms with Gasteiger partial charge in [0.15, 0.2) is 0 Å². The Balaban J connectivity index is 1.54. The van der Waals surface area contributed by atoms with Gasteiger partial charge in [-0.25, -0.2) is 0 Å². The van der Waals surface area contributed by atoms with Crippen LogP contribution in [0.1, 0.15) is 22.6 Å². The van der Waals surface area contributed by atoms with Crippen LogP contribution in [0.5, 0.6) is 11.5 Å². The highest BCUT2D eigenvalue weighted by Gasteiger charge is 2.30. The fraction of sp³-hybridized carbons (Fsp3) is 0.0323. The number of rotatable bonds is 4. The average molecular weight is 441 g/mol. The molecule has 6 rings (SSSR count). The van der Waals surface area contributed by atoms with Gasteiger partial charge < -0.3 is 15.4 Å². The van der Waals surface area contributed by atoms with Crippen molar-refractivity contribution >= 4 is 22.7 Å². The Morgan fingerprint density at radius 3 is 1.79 bits per heavy atom. The number of benzene rings is 5. The summed E-state index contributed by atoms with van der Waals surface area (Å²) in [6.45, 7) is 0. The Morgan fingerprint density at radius 1 is 0.529 bits per heavy atom. The van der Waals surface area contributed by atoms with Crippen LogP contribution in [0.3, 0.4) is 0 Å². The zero-order chi connectivity index (χ0) is 22.9. The summed E-state index contributed by atoms with van der Waals surface area (Å²) in [5.74, 6) is 1.72. The van der Waals surface area contributed by atoms with Gasteiger partial charge in [0.25, 0.3) is 0 Å². The summed E-state index contributed by atoms with van der Waals surface area (Å²) in [6.07, 6.45) is 0. The monoisotopic (exact) mass is 440 g/mol. The summed E-state index contributed by atoms with van der Waals surface area (Å²) in [5.41, 5.74) is 13.6.